The fraction of sp³-hybridized carbons (Fsp3) is 0.500. The van der Waals surface area contributed by atoms with E-state index in [0.29, 0.717) is 13.2 Å². The molecule has 0 amide bonds. The summed E-state index contributed by atoms with van der Waals surface area (Å²) in [4.78, 5) is 0. The van der Waals surface area contributed by atoms with Gasteiger partial charge in [0.1, 0.15) is 5.75 Å². The lowest BCUT2D eigenvalue weighted by molar-refractivity contribution is -0.0519. The Morgan fingerprint density at radius 1 is 1.12 bits per heavy atom. The second-order valence-corrected chi connectivity index (χ2v) is 3.50. The first kappa shape index (κ1) is 13.0. The average molecular weight is 226 g/mol. The van der Waals surface area contributed by atoms with Gasteiger partial charge in [-0.2, -0.15) is 0 Å². The van der Waals surface area contributed by atoms with Crippen LogP contribution in [0.2, 0.25) is 0 Å². The number of aliphatic hydroxyl groups excluding tert-OH is 1. The van der Waals surface area contributed by atoms with Crippen LogP contribution in [0.3, 0.4) is 0 Å². The highest BCUT2D eigenvalue weighted by Gasteiger charge is 1.99. The Kier molecular flexibility index (Phi) is 5.85. The van der Waals surface area contributed by atoms with Crippen LogP contribution in [0.25, 0.3) is 0 Å². The first-order chi connectivity index (χ1) is 7.72. The molecule has 0 radical (unpaired) electrons. The van der Waals surface area contributed by atoms with Crippen molar-refractivity contribution in [3.8, 4) is 5.75 Å². The number of aliphatic hydroxyl groups is 2. The van der Waals surface area contributed by atoms with E-state index in [-0.39, 0.29) is 6.42 Å². The van der Waals surface area contributed by atoms with Gasteiger partial charge in [0.05, 0.1) is 13.2 Å². The molecule has 0 aliphatic heterocycles. The lowest BCUT2D eigenvalue weighted by Gasteiger charge is -2.08. The molecule has 0 heterocycles. The van der Waals surface area contributed by atoms with E-state index < -0.39 is 6.29 Å². The first-order valence-corrected chi connectivity index (χ1v) is 5.29. The van der Waals surface area contributed by atoms with Crippen molar-refractivity contribution in [2.45, 2.75) is 19.1 Å². The maximum Gasteiger partial charge on any atom is 0.154 e. The van der Waals surface area contributed by atoms with Crippen LogP contribution in [-0.2, 0) is 11.2 Å². The predicted molar refractivity (Wildman–Crippen MR) is 60.4 cm³/mol. The van der Waals surface area contributed by atoms with Gasteiger partial charge in [0.2, 0.25) is 0 Å². The second-order valence-electron chi connectivity index (χ2n) is 3.50. The van der Waals surface area contributed by atoms with E-state index in [4.69, 9.17) is 19.7 Å². The van der Waals surface area contributed by atoms with Crippen LogP contribution in [0.4, 0.5) is 0 Å². The van der Waals surface area contributed by atoms with Crippen LogP contribution in [0.15, 0.2) is 24.3 Å². The topological polar surface area (TPSA) is 58.9 Å². The van der Waals surface area contributed by atoms with Crippen LogP contribution in [0, 0.1) is 0 Å². The predicted octanol–water partition coefficient (Wildman–Crippen LogP) is 0.955. The Labute approximate surface area is 95.4 Å². The van der Waals surface area contributed by atoms with Crippen LogP contribution >= 0.6 is 0 Å². The number of hydrogen-bond acceptors (Lipinski definition) is 4. The quantitative estimate of drug-likeness (QED) is 0.680. The van der Waals surface area contributed by atoms with E-state index >= 15 is 0 Å². The normalized spacial score (nSPS) is 10.8. The van der Waals surface area contributed by atoms with Gasteiger partial charge in [-0.25, -0.2) is 0 Å². The molecule has 2 N–H and O–H groups in total. The zero-order chi connectivity index (χ0) is 11.8. The highest BCUT2D eigenvalue weighted by Crippen LogP contribution is 2.13. The molecular weight excluding hydrogens is 208 g/mol. The molecule has 0 saturated heterocycles. The summed E-state index contributed by atoms with van der Waals surface area (Å²) in [5.41, 5.74) is 1.19. The third kappa shape index (κ3) is 5.11. The van der Waals surface area contributed by atoms with Gasteiger partial charge in [0.25, 0.3) is 0 Å². The maximum atomic E-state index is 8.63. The van der Waals surface area contributed by atoms with Gasteiger partial charge in [-0.05, 0) is 24.1 Å². The molecule has 0 aliphatic carbocycles. The summed E-state index contributed by atoms with van der Waals surface area (Å²) in [5.74, 6) is 0.738. The zero-order valence-electron chi connectivity index (χ0n) is 9.43. The molecule has 0 fully saturated rings. The molecule has 1 aromatic rings. The Morgan fingerprint density at radius 2 is 1.81 bits per heavy atom. The van der Waals surface area contributed by atoms with Crippen molar-refractivity contribution in [1.82, 2.24) is 0 Å². The molecule has 0 aliphatic rings. The van der Waals surface area contributed by atoms with Crippen LogP contribution in [0.5, 0.6) is 5.75 Å². The van der Waals surface area contributed by atoms with Crippen molar-refractivity contribution in [1.29, 1.82) is 0 Å². The van der Waals surface area contributed by atoms with Crippen LogP contribution in [0.1, 0.15) is 12.0 Å². The lowest BCUT2D eigenvalue weighted by atomic mass is 10.1. The van der Waals surface area contributed by atoms with E-state index in [1.165, 1.54) is 5.56 Å². The van der Waals surface area contributed by atoms with Crippen molar-refractivity contribution >= 4 is 0 Å². The van der Waals surface area contributed by atoms with E-state index in [1.807, 2.05) is 24.3 Å². The summed E-state index contributed by atoms with van der Waals surface area (Å²) in [7, 11) is 1.68. The lowest BCUT2D eigenvalue weighted by Crippen LogP contribution is -2.10. The smallest absolute Gasteiger partial charge is 0.154 e. The summed E-state index contributed by atoms with van der Waals surface area (Å²) in [6, 6.07) is 7.69. The largest absolute Gasteiger partial charge is 0.493 e. The summed E-state index contributed by atoms with van der Waals surface area (Å²) in [6.07, 6.45) is -0.210. The van der Waals surface area contributed by atoms with Crippen molar-refractivity contribution < 1.29 is 19.7 Å². The SMILES string of the molecule is COCCc1ccc(OCCC(O)O)cc1. The summed E-state index contributed by atoms with van der Waals surface area (Å²) < 4.78 is 10.3. The summed E-state index contributed by atoms with van der Waals surface area (Å²) in [5, 5.41) is 17.3. The minimum Gasteiger partial charge on any atom is -0.493 e. The standard InChI is InChI=1S/C12H18O4/c1-15-8-6-10-2-4-11(5-3-10)16-9-7-12(13)14/h2-5,12-14H,6-9H2,1H3. The van der Waals surface area contributed by atoms with E-state index in [0.717, 1.165) is 12.2 Å². The van der Waals surface area contributed by atoms with Gasteiger partial charge < -0.3 is 19.7 Å². The monoisotopic (exact) mass is 226 g/mol. The minimum atomic E-state index is -1.30. The Hall–Kier alpha value is -1.10. The first-order valence-electron chi connectivity index (χ1n) is 5.29. The van der Waals surface area contributed by atoms with Crippen molar-refractivity contribution in [3.63, 3.8) is 0 Å². The molecule has 0 atom stereocenters. The van der Waals surface area contributed by atoms with Crippen molar-refractivity contribution in [2.24, 2.45) is 0 Å². The van der Waals surface area contributed by atoms with Gasteiger partial charge in [-0.3, -0.25) is 0 Å². The number of benzene rings is 1. The van der Waals surface area contributed by atoms with Gasteiger partial charge in [0, 0.05) is 13.5 Å². The molecule has 90 valence electrons. The molecular formula is C12H18O4. The molecule has 4 heteroatoms. The van der Waals surface area contributed by atoms with Crippen LogP contribution < -0.4 is 4.74 Å². The molecule has 0 bridgehead atoms. The molecule has 0 spiro atoms. The van der Waals surface area contributed by atoms with Gasteiger partial charge >= 0.3 is 0 Å². The summed E-state index contributed by atoms with van der Waals surface area (Å²) in [6.45, 7) is 1.01. The molecule has 0 aromatic heterocycles. The number of rotatable bonds is 7. The van der Waals surface area contributed by atoms with E-state index in [1.54, 1.807) is 7.11 Å². The fourth-order valence-electron chi connectivity index (χ4n) is 1.25. The fourth-order valence-corrected chi connectivity index (χ4v) is 1.25. The third-order valence-corrected chi connectivity index (χ3v) is 2.16. The highest BCUT2D eigenvalue weighted by atomic mass is 16.5. The Balaban J connectivity index is 2.33. The van der Waals surface area contributed by atoms with E-state index in [9.17, 15) is 0 Å². The van der Waals surface area contributed by atoms with Crippen molar-refractivity contribution in [3.05, 3.63) is 29.8 Å². The number of hydrogen-bond donors (Lipinski definition) is 2. The number of ether oxygens (including phenoxy) is 2. The molecule has 1 rings (SSSR count). The second kappa shape index (κ2) is 7.22. The molecule has 4 nitrogen and oxygen atoms in total. The molecule has 0 saturated carbocycles. The van der Waals surface area contributed by atoms with E-state index in [2.05, 4.69) is 0 Å². The van der Waals surface area contributed by atoms with Gasteiger partial charge in [0.15, 0.2) is 6.29 Å². The highest BCUT2D eigenvalue weighted by molar-refractivity contribution is 5.27. The maximum absolute atomic E-state index is 8.63. The summed E-state index contributed by atoms with van der Waals surface area (Å²) >= 11 is 0. The van der Waals surface area contributed by atoms with Gasteiger partial charge in [-0.1, -0.05) is 12.1 Å². The zero-order valence-corrected chi connectivity index (χ0v) is 9.43. The van der Waals surface area contributed by atoms with Gasteiger partial charge in [-0.15, -0.1) is 0 Å². The third-order valence-electron chi connectivity index (χ3n) is 2.16. The molecule has 0 unspecified atom stereocenters. The minimum absolute atomic E-state index is 0.214. The molecule has 16 heavy (non-hydrogen) atoms. The Bertz CT molecular complexity index is 282. The van der Waals surface area contributed by atoms with Crippen molar-refractivity contribution in [2.75, 3.05) is 20.3 Å². The Morgan fingerprint density at radius 3 is 2.38 bits per heavy atom. The number of methoxy groups -OCH3 is 1. The van der Waals surface area contributed by atoms with Crippen LogP contribution in [-0.4, -0.2) is 36.8 Å². The molecule has 1 aromatic carbocycles. The average Bonchev–Trinajstić information content (AvgIpc) is 2.27.